The summed E-state index contributed by atoms with van der Waals surface area (Å²) in [7, 11) is 3.76. The molecule has 0 aliphatic rings. The van der Waals surface area contributed by atoms with Crippen LogP contribution in [0.5, 0.6) is 0 Å². The van der Waals surface area contributed by atoms with Gasteiger partial charge in [-0.2, -0.15) is 0 Å². The van der Waals surface area contributed by atoms with Gasteiger partial charge in [-0.05, 0) is 33.2 Å². The van der Waals surface area contributed by atoms with Crippen LogP contribution in [0.15, 0.2) is 24.3 Å². The first-order chi connectivity index (χ1) is 7.99. The lowest BCUT2D eigenvalue weighted by atomic mass is 10.1. The van der Waals surface area contributed by atoms with Crippen molar-refractivity contribution in [2.45, 2.75) is 13.0 Å². The van der Waals surface area contributed by atoms with E-state index in [2.05, 4.69) is 5.32 Å². The average Bonchev–Trinajstić information content (AvgIpc) is 2.25. The third-order valence-electron chi connectivity index (χ3n) is 2.35. The number of carbonyl (C=O) groups is 1. The summed E-state index contributed by atoms with van der Waals surface area (Å²) in [5.74, 6) is -0.147. The number of rotatable bonds is 5. The van der Waals surface area contributed by atoms with E-state index in [1.165, 1.54) is 0 Å². The molecule has 1 unspecified atom stereocenters. The molecule has 17 heavy (non-hydrogen) atoms. The molecule has 1 rings (SSSR count). The molecule has 0 aliphatic carbocycles. The third kappa shape index (κ3) is 4.97. The fourth-order valence-corrected chi connectivity index (χ4v) is 1.58. The Hall–Kier alpha value is -1.39. The van der Waals surface area contributed by atoms with Crippen LogP contribution in [0.4, 0.5) is 0 Å². The highest BCUT2D eigenvalue weighted by molar-refractivity contribution is 5.94. The number of hydrogen-bond donors (Lipinski definition) is 2. The first kappa shape index (κ1) is 13.7. The van der Waals surface area contributed by atoms with Crippen LogP contribution in [0, 0.1) is 6.92 Å². The van der Waals surface area contributed by atoms with Gasteiger partial charge in [0.15, 0.2) is 0 Å². The number of aryl methyl sites for hydroxylation is 1. The van der Waals surface area contributed by atoms with Crippen LogP contribution in [0.1, 0.15) is 15.9 Å². The lowest BCUT2D eigenvalue weighted by Gasteiger charge is -2.16. The molecule has 94 valence electrons. The second kappa shape index (κ2) is 6.37. The normalized spacial score (nSPS) is 12.5. The number of benzene rings is 1. The maximum Gasteiger partial charge on any atom is 0.251 e. The summed E-state index contributed by atoms with van der Waals surface area (Å²) in [4.78, 5) is 13.6. The molecule has 0 fully saturated rings. The minimum atomic E-state index is -0.543. The number of aliphatic hydroxyl groups is 1. The van der Waals surface area contributed by atoms with Crippen LogP contribution < -0.4 is 5.32 Å². The second-order valence-corrected chi connectivity index (χ2v) is 4.50. The van der Waals surface area contributed by atoms with Crippen molar-refractivity contribution in [3.05, 3.63) is 35.4 Å². The Morgan fingerprint density at radius 3 is 2.76 bits per heavy atom. The molecule has 0 spiro atoms. The maximum atomic E-state index is 11.8. The molecule has 0 aliphatic heterocycles. The minimum absolute atomic E-state index is 0.147. The summed E-state index contributed by atoms with van der Waals surface area (Å²) in [6.45, 7) is 2.75. The zero-order valence-electron chi connectivity index (χ0n) is 10.6. The molecular weight excluding hydrogens is 216 g/mol. The van der Waals surface area contributed by atoms with E-state index in [4.69, 9.17) is 0 Å². The average molecular weight is 236 g/mol. The fraction of sp³-hybridized carbons (Fsp3) is 0.462. The van der Waals surface area contributed by atoms with Crippen LogP contribution in [0.3, 0.4) is 0 Å². The Kier molecular flexibility index (Phi) is 5.12. The number of nitrogens with one attached hydrogen (secondary N) is 1. The molecule has 0 heterocycles. The summed E-state index contributed by atoms with van der Waals surface area (Å²) in [6.07, 6.45) is -0.543. The van der Waals surface area contributed by atoms with Gasteiger partial charge in [0.2, 0.25) is 0 Å². The first-order valence-corrected chi connectivity index (χ1v) is 5.66. The third-order valence-corrected chi connectivity index (χ3v) is 2.35. The molecular formula is C13H20N2O2. The summed E-state index contributed by atoms with van der Waals surface area (Å²) in [6, 6.07) is 7.38. The predicted octanol–water partition coefficient (Wildman–Crippen LogP) is 0.647. The van der Waals surface area contributed by atoms with Crippen LogP contribution >= 0.6 is 0 Å². The topological polar surface area (TPSA) is 52.6 Å². The van der Waals surface area contributed by atoms with E-state index < -0.39 is 6.10 Å². The van der Waals surface area contributed by atoms with Gasteiger partial charge in [0.1, 0.15) is 0 Å². The molecule has 1 atom stereocenters. The molecule has 0 radical (unpaired) electrons. The number of likely N-dealkylation sites (N-methyl/N-ethyl adjacent to an activating group) is 1. The van der Waals surface area contributed by atoms with E-state index in [1.807, 2.05) is 44.1 Å². The lowest BCUT2D eigenvalue weighted by molar-refractivity contribution is 0.0892. The predicted molar refractivity (Wildman–Crippen MR) is 68.1 cm³/mol. The van der Waals surface area contributed by atoms with Crippen molar-refractivity contribution in [3.63, 3.8) is 0 Å². The van der Waals surface area contributed by atoms with Gasteiger partial charge in [-0.15, -0.1) is 0 Å². The van der Waals surface area contributed by atoms with Crippen LogP contribution in [-0.2, 0) is 0 Å². The number of nitrogens with zero attached hydrogens (tertiary/aromatic N) is 1. The lowest BCUT2D eigenvalue weighted by Crippen LogP contribution is -2.37. The van der Waals surface area contributed by atoms with Crippen molar-refractivity contribution in [1.29, 1.82) is 0 Å². The van der Waals surface area contributed by atoms with E-state index in [9.17, 15) is 9.90 Å². The standard InChI is InChI=1S/C13H20N2O2/c1-10-5-4-6-11(7-10)13(17)14-8-12(16)9-15(2)3/h4-7,12,16H,8-9H2,1-3H3,(H,14,17). The first-order valence-electron chi connectivity index (χ1n) is 5.66. The maximum absolute atomic E-state index is 11.8. The molecule has 2 N–H and O–H groups in total. The Bertz CT molecular complexity index is 377. The van der Waals surface area contributed by atoms with E-state index in [0.717, 1.165) is 5.56 Å². The van der Waals surface area contributed by atoms with Crippen LogP contribution in [0.2, 0.25) is 0 Å². The Morgan fingerprint density at radius 1 is 1.47 bits per heavy atom. The highest BCUT2D eigenvalue weighted by Gasteiger charge is 2.09. The Labute approximate surface area is 102 Å². The number of amides is 1. The van der Waals surface area contributed by atoms with E-state index >= 15 is 0 Å². The zero-order chi connectivity index (χ0) is 12.8. The quantitative estimate of drug-likeness (QED) is 0.789. The van der Waals surface area contributed by atoms with Crippen LogP contribution in [-0.4, -0.2) is 49.2 Å². The van der Waals surface area contributed by atoms with Gasteiger partial charge >= 0.3 is 0 Å². The molecule has 1 amide bonds. The Morgan fingerprint density at radius 2 is 2.18 bits per heavy atom. The molecule has 4 heteroatoms. The smallest absolute Gasteiger partial charge is 0.251 e. The summed E-state index contributed by atoms with van der Waals surface area (Å²) in [5.41, 5.74) is 1.67. The highest BCUT2D eigenvalue weighted by Crippen LogP contribution is 2.03. The molecule has 4 nitrogen and oxygen atoms in total. The second-order valence-electron chi connectivity index (χ2n) is 4.50. The van der Waals surface area contributed by atoms with Crippen molar-refractivity contribution in [2.24, 2.45) is 0 Å². The molecule has 0 saturated heterocycles. The van der Waals surface area contributed by atoms with E-state index in [-0.39, 0.29) is 12.5 Å². The van der Waals surface area contributed by atoms with E-state index in [1.54, 1.807) is 6.07 Å². The minimum Gasteiger partial charge on any atom is -0.390 e. The van der Waals surface area contributed by atoms with Crippen molar-refractivity contribution >= 4 is 5.91 Å². The highest BCUT2D eigenvalue weighted by atomic mass is 16.3. The van der Waals surface area contributed by atoms with Gasteiger partial charge < -0.3 is 15.3 Å². The van der Waals surface area contributed by atoms with Crippen molar-refractivity contribution in [2.75, 3.05) is 27.2 Å². The molecule has 0 saturated carbocycles. The van der Waals surface area contributed by atoms with Gasteiger partial charge in [-0.25, -0.2) is 0 Å². The van der Waals surface area contributed by atoms with Crippen LogP contribution in [0.25, 0.3) is 0 Å². The fourth-order valence-electron chi connectivity index (χ4n) is 1.58. The zero-order valence-corrected chi connectivity index (χ0v) is 10.6. The molecule has 1 aromatic carbocycles. The summed E-state index contributed by atoms with van der Waals surface area (Å²) < 4.78 is 0. The van der Waals surface area contributed by atoms with E-state index in [0.29, 0.717) is 12.1 Å². The van der Waals surface area contributed by atoms with Crippen molar-refractivity contribution < 1.29 is 9.90 Å². The van der Waals surface area contributed by atoms with Gasteiger partial charge in [0.05, 0.1) is 6.10 Å². The SMILES string of the molecule is Cc1cccc(C(=O)NCC(O)CN(C)C)c1. The van der Waals surface area contributed by atoms with Gasteiger partial charge in [-0.3, -0.25) is 4.79 Å². The summed E-state index contributed by atoms with van der Waals surface area (Å²) in [5, 5.41) is 12.3. The Balaban J connectivity index is 2.45. The monoisotopic (exact) mass is 236 g/mol. The van der Waals surface area contributed by atoms with Crippen molar-refractivity contribution in [3.8, 4) is 0 Å². The number of hydrogen-bond acceptors (Lipinski definition) is 3. The van der Waals surface area contributed by atoms with Crippen molar-refractivity contribution in [1.82, 2.24) is 10.2 Å². The van der Waals surface area contributed by atoms with Gasteiger partial charge in [0.25, 0.3) is 5.91 Å². The molecule has 1 aromatic rings. The molecule has 0 bridgehead atoms. The number of aliphatic hydroxyl groups excluding tert-OH is 1. The largest absolute Gasteiger partial charge is 0.390 e. The molecule has 0 aromatic heterocycles. The summed E-state index contributed by atoms with van der Waals surface area (Å²) >= 11 is 0. The van der Waals surface area contributed by atoms with Gasteiger partial charge in [0, 0.05) is 18.7 Å². The van der Waals surface area contributed by atoms with Gasteiger partial charge in [-0.1, -0.05) is 17.7 Å². The number of carbonyl (C=O) groups excluding carboxylic acids is 1.